The number of hydrogen-bond acceptors (Lipinski definition) is 4. The van der Waals surface area contributed by atoms with Gasteiger partial charge in [0.05, 0.1) is 4.92 Å². The van der Waals surface area contributed by atoms with Crippen LogP contribution in [-0.2, 0) is 6.54 Å². The van der Waals surface area contributed by atoms with Crippen molar-refractivity contribution in [2.24, 2.45) is 5.92 Å². The van der Waals surface area contributed by atoms with Crippen molar-refractivity contribution in [1.29, 1.82) is 0 Å². The summed E-state index contributed by atoms with van der Waals surface area (Å²) in [4.78, 5) is 10.7. The largest absolute Gasteiger partial charge is 0.482 e. The molecule has 0 unspecified atom stereocenters. The molecule has 0 atom stereocenters. The third-order valence-corrected chi connectivity index (χ3v) is 3.12. The van der Waals surface area contributed by atoms with Gasteiger partial charge in [-0.2, -0.15) is 0 Å². The minimum absolute atomic E-state index is 0.0266. The topological polar surface area (TPSA) is 64.4 Å². The molecular formula is C15H21ClN2O3. The van der Waals surface area contributed by atoms with E-state index < -0.39 is 4.92 Å². The van der Waals surface area contributed by atoms with E-state index >= 15 is 0 Å². The van der Waals surface area contributed by atoms with Crippen LogP contribution in [0.4, 0.5) is 5.69 Å². The van der Waals surface area contributed by atoms with Crippen LogP contribution in [0.2, 0.25) is 0 Å². The lowest BCUT2D eigenvalue weighted by Crippen LogP contribution is -2.19. The highest BCUT2D eigenvalue weighted by Crippen LogP contribution is 2.28. The molecule has 0 saturated heterocycles. The third-order valence-electron chi connectivity index (χ3n) is 2.74. The minimum Gasteiger partial charge on any atom is -0.482 e. The first kappa shape index (κ1) is 17.5. The Kier molecular flexibility index (Phi) is 7.19. The number of nitrogens with zero attached hydrogens (tertiary/aromatic N) is 1. The van der Waals surface area contributed by atoms with Gasteiger partial charge in [0.25, 0.3) is 0 Å². The van der Waals surface area contributed by atoms with Gasteiger partial charge in [-0.1, -0.05) is 31.5 Å². The van der Waals surface area contributed by atoms with Gasteiger partial charge in [-0.3, -0.25) is 10.1 Å². The molecule has 0 radical (unpaired) electrons. The smallest absolute Gasteiger partial charge is 0.311 e. The molecule has 21 heavy (non-hydrogen) atoms. The molecule has 0 aliphatic carbocycles. The summed E-state index contributed by atoms with van der Waals surface area (Å²) >= 11 is 5.54. The fourth-order valence-corrected chi connectivity index (χ4v) is 1.73. The van der Waals surface area contributed by atoms with E-state index in [4.69, 9.17) is 16.3 Å². The van der Waals surface area contributed by atoms with Crippen LogP contribution in [0.15, 0.2) is 29.3 Å². The van der Waals surface area contributed by atoms with E-state index in [9.17, 15) is 10.1 Å². The zero-order valence-corrected chi connectivity index (χ0v) is 13.3. The molecule has 0 amide bonds. The lowest BCUT2D eigenvalue weighted by molar-refractivity contribution is -0.385. The van der Waals surface area contributed by atoms with E-state index in [1.807, 2.05) is 6.07 Å². The Morgan fingerprint density at radius 2 is 2.24 bits per heavy atom. The first-order valence-corrected chi connectivity index (χ1v) is 7.24. The number of rotatable bonds is 8. The maximum Gasteiger partial charge on any atom is 0.311 e. The Bertz CT molecular complexity index is 516. The normalized spacial score (nSPS) is 11.8. The Morgan fingerprint density at radius 3 is 2.81 bits per heavy atom. The van der Waals surface area contributed by atoms with Crippen LogP contribution in [0, 0.1) is 16.0 Å². The number of ether oxygens (including phenoxy) is 1. The van der Waals surface area contributed by atoms with E-state index in [1.54, 1.807) is 19.1 Å². The summed E-state index contributed by atoms with van der Waals surface area (Å²) in [6.45, 7) is 7.71. The fourth-order valence-electron chi connectivity index (χ4n) is 1.67. The van der Waals surface area contributed by atoms with E-state index in [1.165, 1.54) is 5.54 Å². The van der Waals surface area contributed by atoms with Crippen LogP contribution in [-0.4, -0.2) is 18.1 Å². The second-order valence-electron chi connectivity index (χ2n) is 5.33. The molecule has 0 aliphatic heterocycles. The van der Waals surface area contributed by atoms with E-state index in [0.29, 0.717) is 12.5 Å². The highest BCUT2D eigenvalue weighted by molar-refractivity contribution is 6.25. The van der Waals surface area contributed by atoms with Crippen LogP contribution in [0.25, 0.3) is 0 Å². The van der Waals surface area contributed by atoms with Gasteiger partial charge in [0.1, 0.15) is 6.61 Å². The van der Waals surface area contributed by atoms with Crippen LogP contribution in [0.3, 0.4) is 0 Å². The van der Waals surface area contributed by atoms with Gasteiger partial charge in [-0.15, -0.1) is 0 Å². The summed E-state index contributed by atoms with van der Waals surface area (Å²) < 4.78 is 5.43. The summed E-state index contributed by atoms with van der Waals surface area (Å²) in [7, 11) is 0. The predicted octanol–water partition coefficient (Wildman–Crippen LogP) is 3.86. The standard InChI is InChI=1S/C15H21ClN2O3/c1-11(2)8-17-9-13-4-5-15(14(6-13)18(19)20)21-10-12(3)7-16/h4-7,11,17H,8-10H2,1-3H3/b12-7+. The van der Waals surface area contributed by atoms with Crippen LogP contribution in [0.1, 0.15) is 26.3 Å². The zero-order valence-electron chi connectivity index (χ0n) is 12.6. The lowest BCUT2D eigenvalue weighted by Gasteiger charge is -2.10. The van der Waals surface area contributed by atoms with Gasteiger partial charge >= 0.3 is 5.69 Å². The number of halogens is 1. The molecule has 0 fully saturated rings. The summed E-state index contributed by atoms with van der Waals surface area (Å²) in [5.74, 6) is 0.790. The molecule has 0 aromatic heterocycles. The number of nitro benzene ring substituents is 1. The van der Waals surface area contributed by atoms with Crippen LogP contribution >= 0.6 is 11.6 Å². The highest BCUT2D eigenvalue weighted by atomic mass is 35.5. The van der Waals surface area contributed by atoms with E-state index in [-0.39, 0.29) is 18.0 Å². The Hall–Kier alpha value is -1.59. The maximum atomic E-state index is 11.1. The summed E-state index contributed by atoms with van der Waals surface area (Å²) in [5.41, 5.74) is 3.03. The minimum atomic E-state index is -0.430. The van der Waals surface area contributed by atoms with E-state index in [0.717, 1.165) is 17.7 Å². The van der Waals surface area contributed by atoms with Crippen molar-refractivity contribution in [2.45, 2.75) is 27.3 Å². The average Bonchev–Trinajstić information content (AvgIpc) is 2.44. The summed E-state index contributed by atoms with van der Waals surface area (Å²) in [6, 6.07) is 5.00. The van der Waals surface area contributed by atoms with Crippen molar-refractivity contribution in [3.8, 4) is 5.75 Å². The Morgan fingerprint density at radius 1 is 1.52 bits per heavy atom. The first-order valence-electron chi connectivity index (χ1n) is 6.80. The second kappa shape index (κ2) is 8.64. The monoisotopic (exact) mass is 312 g/mol. The molecule has 1 N–H and O–H groups in total. The SMILES string of the molecule is C/C(=C\Cl)COc1ccc(CNCC(C)C)cc1[N+](=O)[O-]. The molecule has 0 heterocycles. The quantitative estimate of drug-likeness (QED) is 0.584. The molecule has 0 spiro atoms. The van der Waals surface area contributed by atoms with E-state index in [2.05, 4.69) is 19.2 Å². The molecule has 0 bridgehead atoms. The van der Waals surface area contributed by atoms with Gasteiger partial charge in [-0.05, 0) is 36.6 Å². The second-order valence-corrected chi connectivity index (χ2v) is 5.55. The predicted molar refractivity (Wildman–Crippen MR) is 84.7 cm³/mol. The third kappa shape index (κ3) is 6.14. The number of hydrogen-bond donors (Lipinski definition) is 1. The number of benzene rings is 1. The lowest BCUT2D eigenvalue weighted by atomic mass is 10.1. The van der Waals surface area contributed by atoms with Crippen molar-refractivity contribution < 1.29 is 9.66 Å². The molecule has 1 aromatic carbocycles. The van der Waals surface area contributed by atoms with Gasteiger partial charge in [0, 0.05) is 18.1 Å². The molecular weight excluding hydrogens is 292 g/mol. The fraction of sp³-hybridized carbons (Fsp3) is 0.467. The summed E-state index contributed by atoms with van der Waals surface area (Å²) in [5, 5.41) is 14.4. The molecule has 116 valence electrons. The van der Waals surface area contributed by atoms with Gasteiger partial charge in [-0.25, -0.2) is 0 Å². The molecule has 0 aliphatic rings. The number of nitrogens with one attached hydrogen (secondary N) is 1. The van der Waals surface area contributed by atoms with Crippen molar-refractivity contribution in [3.63, 3.8) is 0 Å². The van der Waals surface area contributed by atoms with Crippen LogP contribution < -0.4 is 10.1 Å². The van der Waals surface area contributed by atoms with Gasteiger partial charge in [0.2, 0.25) is 0 Å². The van der Waals surface area contributed by atoms with Crippen molar-refractivity contribution in [1.82, 2.24) is 5.32 Å². The molecule has 0 saturated carbocycles. The zero-order chi connectivity index (χ0) is 15.8. The van der Waals surface area contributed by atoms with Crippen molar-refractivity contribution in [3.05, 3.63) is 45.0 Å². The van der Waals surface area contributed by atoms with Crippen molar-refractivity contribution in [2.75, 3.05) is 13.2 Å². The summed E-state index contributed by atoms with van der Waals surface area (Å²) in [6.07, 6.45) is 0. The number of nitro groups is 1. The average molecular weight is 313 g/mol. The molecule has 5 nitrogen and oxygen atoms in total. The highest BCUT2D eigenvalue weighted by Gasteiger charge is 2.16. The maximum absolute atomic E-state index is 11.1. The first-order chi connectivity index (χ1) is 9.93. The molecule has 1 aromatic rings. The van der Waals surface area contributed by atoms with Gasteiger partial charge < -0.3 is 10.1 Å². The Labute approximate surface area is 130 Å². The molecule has 1 rings (SSSR count). The molecule has 6 heteroatoms. The van der Waals surface area contributed by atoms with Crippen molar-refractivity contribution >= 4 is 17.3 Å². The Balaban J connectivity index is 2.79. The van der Waals surface area contributed by atoms with Crippen LogP contribution in [0.5, 0.6) is 5.75 Å². The van der Waals surface area contributed by atoms with Gasteiger partial charge in [0.15, 0.2) is 5.75 Å².